The Balaban J connectivity index is 1.57. The number of benzene rings is 2. The summed E-state index contributed by atoms with van der Waals surface area (Å²) >= 11 is 7.91. The van der Waals surface area contributed by atoms with E-state index < -0.39 is 0 Å². The largest absolute Gasteiger partial charge is 0.351 e. The molecule has 130 valence electrons. The number of hydrogen-bond acceptors (Lipinski definition) is 3. The molecule has 4 nitrogen and oxygen atoms in total. The molecule has 1 saturated heterocycles. The number of amides is 2. The summed E-state index contributed by atoms with van der Waals surface area (Å²) in [6.45, 7) is 1.22. The highest BCUT2D eigenvalue weighted by atomic mass is 35.5. The Morgan fingerprint density at radius 3 is 2.72 bits per heavy atom. The third kappa shape index (κ3) is 4.55. The Morgan fingerprint density at radius 1 is 1.20 bits per heavy atom. The minimum Gasteiger partial charge on any atom is -0.351 e. The van der Waals surface area contributed by atoms with Crippen LogP contribution in [0.3, 0.4) is 0 Å². The van der Waals surface area contributed by atoms with Crippen molar-refractivity contribution in [2.24, 2.45) is 0 Å². The Bertz CT molecular complexity index is 767. The first kappa shape index (κ1) is 17.8. The summed E-state index contributed by atoms with van der Waals surface area (Å²) in [6, 6.07) is 15.1. The maximum atomic E-state index is 12.3. The lowest BCUT2D eigenvalue weighted by Crippen LogP contribution is -2.27. The van der Waals surface area contributed by atoms with E-state index in [0.717, 1.165) is 12.2 Å². The molecule has 1 N–H and O–H groups in total. The molecule has 1 aliphatic heterocycles. The third-order valence-electron chi connectivity index (χ3n) is 3.97. The molecule has 6 heteroatoms. The molecule has 0 radical (unpaired) electrons. The smallest absolute Gasteiger partial charge is 0.251 e. The van der Waals surface area contributed by atoms with Crippen LogP contribution >= 0.6 is 23.4 Å². The van der Waals surface area contributed by atoms with Gasteiger partial charge in [-0.05, 0) is 36.8 Å². The van der Waals surface area contributed by atoms with Crippen LogP contribution in [0.2, 0.25) is 5.02 Å². The molecule has 0 saturated carbocycles. The second-order valence-electron chi connectivity index (χ2n) is 5.73. The van der Waals surface area contributed by atoms with Gasteiger partial charge in [-0.25, -0.2) is 0 Å². The highest BCUT2D eigenvalue weighted by Gasteiger charge is 2.24. The maximum absolute atomic E-state index is 12.3. The van der Waals surface area contributed by atoms with Gasteiger partial charge in [-0.3, -0.25) is 9.59 Å². The Kier molecular flexibility index (Phi) is 6.00. The second-order valence-corrected chi connectivity index (χ2v) is 7.31. The van der Waals surface area contributed by atoms with Crippen molar-refractivity contribution < 1.29 is 9.59 Å². The number of halogens is 1. The Morgan fingerprint density at radius 2 is 2.00 bits per heavy atom. The topological polar surface area (TPSA) is 49.4 Å². The van der Waals surface area contributed by atoms with Crippen molar-refractivity contribution in [3.05, 3.63) is 59.1 Å². The van der Waals surface area contributed by atoms with Gasteiger partial charge in [-0.1, -0.05) is 29.8 Å². The summed E-state index contributed by atoms with van der Waals surface area (Å²) < 4.78 is 0. The van der Waals surface area contributed by atoms with E-state index in [1.807, 2.05) is 30.3 Å². The lowest BCUT2D eigenvalue weighted by Gasteiger charge is -2.18. The van der Waals surface area contributed by atoms with Gasteiger partial charge >= 0.3 is 0 Å². The van der Waals surface area contributed by atoms with Crippen LogP contribution in [-0.2, 0) is 4.79 Å². The number of nitrogens with zero attached hydrogens (tertiary/aromatic N) is 1. The van der Waals surface area contributed by atoms with Crippen LogP contribution < -0.4 is 10.2 Å². The van der Waals surface area contributed by atoms with Crippen LogP contribution in [0, 0.1) is 0 Å². The first-order chi connectivity index (χ1) is 12.1. The van der Waals surface area contributed by atoms with E-state index in [1.54, 1.807) is 34.9 Å². The molecule has 2 aromatic rings. The predicted octanol–water partition coefficient (Wildman–Crippen LogP) is 3.99. The number of carbonyl (C=O) groups is 2. The lowest BCUT2D eigenvalue weighted by atomic mass is 10.1. The van der Waals surface area contributed by atoms with Gasteiger partial charge < -0.3 is 10.2 Å². The number of nitrogens with one attached hydrogen (secondary N) is 1. The quantitative estimate of drug-likeness (QED) is 0.614. The molecule has 1 fully saturated rings. The first-order valence-corrected chi connectivity index (χ1v) is 9.57. The predicted molar refractivity (Wildman–Crippen MR) is 103 cm³/mol. The van der Waals surface area contributed by atoms with E-state index in [2.05, 4.69) is 5.32 Å². The average molecular weight is 375 g/mol. The first-order valence-electron chi connectivity index (χ1n) is 8.21. The zero-order valence-corrected chi connectivity index (χ0v) is 15.3. The minimum atomic E-state index is -0.154. The molecule has 2 aromatic carbocycles. The van der Waals surface area contributed by atoms with Gasteiger partial charge in [0.2, 0.25) is 5.91 Å². The van der Waals surface area contributed by atoms with Crippen molar-refractivity contribution in [3.63, 3.8) is 0 Å². The van der Waals surface area contributed by atoms with E-state index in [4.69, 9.17) is 11.6 Å². The molecular formula is C19H19ClN2O2S. The molecule has 0 aliphatic carbocycles. The maximum Gasteiger partial charge on any atom is 0.251 e. The van der Waals surface area contributed by atoms with Crippen LogP contribution in [-0.4, -0.2) is 30.7 Å². The highest BCUT2D eigenvalue weighted by molar-refractivity contribution is 7.99. The Hall–Kier alpha value is -1.98. The molecule has 25 heavy (non-hydrogen) atoms. The van der Waals surface area contributed by atoms with E-state index in [9.17, 15) is 9.59 Å². The van der Waals surface area contributed by atoms with Gasteiger partial charge in [-0.2, -0.15) is 0 Å². The van der Waals surface area contributed by atoms with Crippen molar-refractivity contribution >= 4 is 40.9 Å². The fourth-order valence-electron chi connectivity index (χ4n) is 2.72. The van der Waals surface area contributed by atoms with E-state index in [1.165, 1.54) is 4.90 Å². The molecule has 3 rings (SSSR count). The SMILES string of the molecule is O=C(NCCSc1ccccc1)c1ccc(Cl)c(N2CCCC2=O)c1. The van der Waals surface area contributed by atoms with Crippen molar-refractivity contribution in [1.82, 2.24) is 5.32 Å². The zero-order valence-electron chi connectivity index (χ0n) is 13.7. The van der Waals surface area contributed by atoms with Gasteiger partial charge in [0.15, 0.2) is 0 Å². The van der Waals surface area contributed by atoms with Crippen LogP contribution in [0.1, 0.15) is 23.2 Å². The molecule has 0 bridgehead atoms. The van der Waals surface area contributed by atoms with E-state index in [0.29, 0.717) is 35.8 Å². The number of rotatable bonds is 6. The highest BCUT2D eigenvalue weighted by Crippen LogP contribution is 2.30. The summed E-state index contributed by atoms with van der Waals surface area (Å²) in [5, 5.41) is 3.40. The third-order valence-corrected chi connectivity index (χ3v) is 5.31. The molecular weight excluding hydrogens is 356 g/mol. The van der Waals surface area contributed by atoms with Gasteiger partial charge in [-0.15, -0.1) is 11.8 Å². The minimum absolute atomic E-state index is 0.0544. The molecule has 0 atom stereocenters. The molecule has 0 unspecified atom stereocenters. The van der Waals surface area contributed by atoms with Crippen molar-refractivity contribution in [2.75, 3.05) is 23.7 Å². The molecule has 0 spiro atoms. The molecule has 1 heterocycles. The number of thioether (sulfide) groups is 1. The van der Waals surface area contributed by atoms with E-state index >= 15 is 0 Å². The monoisotopic (exact) mass is 374 g/mol. The van der Waals surface area contributed by atoms with Crippen molar-refractivity contribution in [2.45, 2.75) is 17.7 Å². The van der Waals surface area contributed by atoms with E-state index in [-0.39, 0.29) is 11.8 Å². The van der Waals surface area contributed by atoms with Crippen molar-refractivity contribution in [3.8, 4) is 0 Å². The summed E-state index contributed by atoms with van der Waals surface area (Å²) in [4.78, 5) is 27.1. The second kappa shape index (κ2) is 8.41. The fourth-order valence-corrected chi connectivity index (χ4v) is 3.72. The average Bonchev–Trinajstić information content (AvgIpc) is 3.05. The van der Waals surface area contributed by atoms with Gasteiger partial charge in [0.1, 0.15) is 0 Å². The molecule has 0 aromatic heterocycles. The van der Waals surface area contributed by atoms with Crippen LogP contribution in [0.4, 0.5) is 5.69 Å². The molecule has 1 aliphatic rings. The summed E-state index contributed by atoms with van der Waals surface area (Å²) in [5.74, 6) is 0.692. The standard InChI is InChI=1S/C19H19ClN2O2S/c20-16-9-8-14(13-17(16)22-11-4-7-18(22)23)19(24)21-10-12-25-15-5-2-1-3-6-15/h1-3,5-6,8-9,13H,4,7,10-12H2,(H,21,24). The van der Waals surface area contributed by atoms with Gasteiger partial charge in [0.05, 0.1) is 10.7 Å². The van der Waals surface area contributed by atoms with Crippen LogP contribution in [0.5, 0.6) is 0 Å². The molecule has 2 amide bonds. The lowest BCUT2D eigenvalue weighted by molar-refractivity contribution is -0.117. The summed E-state index contributed by atoms with van der Waals surface area (Å²) in [6.07, 6.45) is 1.35. The van der Waals surface area contributed by atoms with Crippen LogP contribution in [0.25, 0.3) is 0 Å². The number of hydrogen-bond donors (Lipinski definition) is 1. The summed E-state index contributed by atoms with van der Waals surface area (Å²) in [7, 11) is 0. The fraction of sp³-hybridized carbons (Fsp3) is 0.263. The van der Waals surface area contributed by atoms with Crippen LogP contribution in [0.15, 0.2) is 53.4 Å². The normalized spacial score (nSPS) is 14.0. The van der Waals surface area contributed by atoms with Gasteiger partial charge in [0, 0.05) is 35.7 Å². The Labute approximate surface area is 156 Å². The van der Waals surface area contributed by atoms with Crippen molar-refractivity contribution in [1.29, 1.82) is 0 Å². The number of carbonyl (C=O) groups excluding carboxylic acids is 2. The number of anilines is 1. The zero-order chi connectivity index (χ0) is 17.6. The van der Waals surface area contributed by atoms with Gasteiger partial charge in [0.25, 0.3) is 5.91 Å². The summed E-state index contributed by atoms with van der Waals surface area (Å²) in [5.41, 5.74) is 1.14.